The number of nitrogens with one attached hydrogen (secondary N) is 1. The minimum Gasteiger partial charge on any atom is -0.370 e. The van der Waals surface area contributed by atoms with Gasteiger partial charge in [-0.2, -0.15) is 11.8 Å². The maximum atomic E-state index is 3.63. The van der Waals surface area contributed by atoms with Crippen LogP contribution in [0.1, 0.15) is 52.1 Å². The molecule has 1 atom stereocenters. The Morgan fingerprint density at radius 2 is 2.00 bits per heavy atom. The lowest BCUT2D eigenvalue weighted by atomic mass is 10.0. The second kappa shape index (κ2) is 7.55. The van der Waals surface area contributed by atoms with Crippen LogP contribution >= 0.6 is 11.8 Å². The van der Waals surface area contributed by atoms with E-state index in [1.165, 1.54) is 30.0 Å². The molecule has 1 aromatic carbocycles. The van der Waals surface area contributed by atoms with Crippen molar-refractivity contribution in [2.45, 2.75) is 51.3 Å². The Morgan fingerprint density at radius 3 is 2.71 bits per heavy atom. The normalized spacial score (nSPS) is 20.1. The van der Waals surface area contributed by atoms with E-state index in [0.717, 1.165) is 19.5 Å². The molecule has 0 amide bonds. The molecule has 1 aliphatic heterocycles. The van der Waals surface area contributed by atoms with Crippen molar-refractivity contribution in [2.75, 3.05) is 30.3 Å². The Labute approximate surface area is 134 Å². The largest absolute Gasteiger partial charge is 0.370 e. The van der Waals surface area contributed by atoms with Crippen molar-refractivity contribution < 1.29 is 0 Å². The van der Waals surface area contributed by atoms with Crippen LogP contribution in [0.2, 0.25) is 0 Å². The number of nitrogens with zero attached hydrogens (tertiary/aromatic N) is 1. The zero-order valence-corrected chi connectivity index (χ0v) is 14.8. The third-order valence-electron chi connectivity index (χ3n) is 4.35. The number of thioether (sulfide) groups is 1. The van der Waals surface area contributed by atoms with Gasteiger partial charge in [0, 0.05) is 35.3 Å². The van der Waals surface area contributed by atoms with Crippen LogP contribution in [-0.2, 0) is 0 Å². The summed E-state index contributed by atoms with van der Waals surface area (Å²) >= 11 is 2.11. The van der Waals surface area contributed by atoms with E-state index in [0.29, 0.717) is 10.8 Å². The molecule has 1 saturated heterocycles. The van der Waals surface area contributed by atoms with E-state index in [1.807, 2.05) is 0 Å². The van der Waals surface area contributed by atoms with Gasteiger partial charge in [0.1, 0.15) is 0 Å². The first-order chi connectivity index (χ1) is 10.1. The number of benzene rings is 1. The maximum absolute atomic E-state index is 3.63. The quantitative estimate of drug-likeness (QED) is 0.864. The number of hydrogen-bond donors (Lipinski definition) is 1. The second-order valence-corrected chi connectivity index (χ2v) is 8.22. The van der Waals surface area contributed by atoms with Gasteiger partial charge >= 0.3 is 0 Å². The molecule has 2 nitrogen and oxygen atoms in total. The summed E-state index contributed by atoms with van der Waals surface area (Å²) < 4.78 is 0.412. The fourth-order valence-electron chi connectivity index (χ4n) is 3.05. The lowest BCUT2D eigenvalue weighted by molar-refractivity contribution is 0.535. The van der Waals surface area contributed by atoms with E-state index < -0.39 is 0 Å². The Morgan fingerprint density at radius 1 is 1.24 bits per heavy atom. The first kappa shape index (κ1) is 16.7. The van der Waals surface area contributed by atoms with E-state index in [9.17, 15) is 0 Å². The van der Waals surface area contributed by atoms with Crippen molar-refractivity contribution >= 4 is 17.4 Å². The lowest BCUT2D eigenvalue weighted by Gasteiger charge is -2.29. The van der Waals surface area contributed by atoms with Gasteiger partial charge in [-0.15, -0.1) is 0 Å². The van der Waals surface area contributed by atoms with Gasteiger partial charge in [-0.25, -0.2) is 0 Å². The molecule has 0 saturated carbocycles. The van der Waals surface area contributed by atoms with E-state index >= 15 is 0 Å². The Bertz CT molecular complexity index is 445. The summed E-state index contributed by atoms with van der Waals surface area (Å²) in [5, 5.41) is 3.63. The van der Waals surface area contributed by atoms with Gasteiger partial charge in [-0.1, -0.05) is 45.9 Å². The molecule has 0 aliphatic carbocycles. The minimum absolute atomic E-state index is 0.412. The van der Waals surface area contributed by atoms with Crippen LogP contribution < -0.4 is 10.2 Å². The predicted molar refractivity (Wildman–Crippen MR) is 96.5 cm³/mol. The van der Waals surface area contributed by atoms with Crippen molar-refractivity contribution in [3.05, 3.63) is 29.8 Å². The smallest absolute Gasteiger partial charge is 0.0414 e. The van der Waals surface area contributed by atoms with E-state index in [1.54, 1.807) is 0 Å². The highest BCUT2D eigenvalue weighted by molar-refractivity contribution is 8.00. The molecule has 1 fully saturated rings. The number of para-hydroxylation sites is 1. The van der Waals surface area contributed by atoms with Gasteiger partial charge in [-0.3, -0.25) is 0 Å². The van der Waals surface area contributed by atoms with Crippen molar-refractivity contribution in [1.29, 1.82) is 0 Å². The molecule has 1 aliphatic rings. The topological polar surface area (TPSA) is 15.3 Å². The number of rotatable bonds is 5. The Kier molecular flexibility index (Phi) is 6.00. The van der Waals surface area contributed by atoms with Crippen molar-refractivity contribution in [3.63, 3.8) is 0 Å². The molecule has 1 unspecified atom stereocenters. The molecule has 118 valence electrons. The van der Waals surface area contributed by atoms with Gasteiger partial charge in [0.05, 0.1) is 0 Å². The Balaban J connectivity index is 2.23. The van der Waals surface area contributed by atoms with E-state index in [-0.39, 0.29) is 0 Å². The van der Waals surface area contributed by atoms with Gasteiger partial charge < -0.3 is 10.2 Å². The van der Waals surface area contributed by atoms with Gasteiger partial charge in [0.2, 0.25) is 0 Å². The predicted octanol–water partition coefficient (Wildman–Crippen LogP) is 4.47. The van der Waals surface area contributed by atoms with Crippen molar-refractivity contribution in [1.82, 2.24) is 5.32 Å². The molecule has 0 radical (unpaired) electrons. The first-order valence-corrected chi connectivity index (χ1v) is 9.27. The second-order valence-electron chi connectivity index (χ2n) is 6.42. The molecule has 0 spiro atoms. The zero-order chi connectivity index (χ0) is 15.3. The van der Waals surface area contributed by atoms with Crippen LogP contribution in [0.25, 0.3) is 0 Å². The van der Waals surface area contributed by atoms with Crippen LogP contribution in [-0.4, -0.2) is 30.1 Å². The fraction of sp³-hybridized carbons (Fsp3) is 0.667. The molecule has 3 heteroatoms. The van der Waals surface area contributed by atoms with Crippen molar-refractivity contribution in [3.8, 4) is 0 Å². The fourth-order valence-corrected chi connectivity index (χ4v) is 4.15. The highest BCUT2D eigenvalue weighted by Gasteiger charge is 2.25. The standard InChI is InChI=1S/C18H30N2S/c1-5-16(19-6-2)15-9-7-8-10-17(15)20-12-11-18(3,4)21-14-13-20/h7-10,16,19H,5-6,11-14H2,1-4H3. The molecular formula is C18H30N2S. The van der Waals surface area contributed by atoms with Gasteiger partial charge in [-0.05, 0) is 31.0 Å². The summed E-state index contributed by atoms with van der Waals surface area (Å²) in [5.41, 5.74) is 2.90. The first-order valence-electron chi connectivity index (χ1n) is 8.28. The molecule has 1 heterocycles. The number of anilines is 1. The van der Waals surface area contributed by atoms with Gasteiger partial charge in [0.15, 0.2) is 0 Å². The molecule has 0 aromatic heterocycles. The summed E-state index contributed by atoms with van der Waals surface area (Å²) in [5.74, 6) is 1.22. The zero-order valence-electron chi connectivity index (χ0n) is 14.0. The van der Waals surface area contributed by atoms with Crippen molar-refractivity contribution in [2.24, 2.45) is 0 Å². The summed E-state index contributed by atoms with van der Waals surface area (Å²) in [6, 6.07) is 9.43. The molecule has 2 rings (SSSR count). The molecule has 1 aromatic rings. The van der Waals surface area contributed by atoms with Crippen LogP contribution in [0.15, 0.2) is 24.3 Å². The molecule has 0 bridgehead atoms. The molecular weight excluding hydrogens is 276 g/mol. The average molecular weight is 307 g/mol. The SMILES string of the molecule is CCNC(CC)c1ccccc1N1CCSC(C)(C)CC1. The van der Waals surface area contributed by atoms with E-state index in [4.69, 9.17) is 0 Å². The third-order valence-corrected chi connectivity index (χ3v) is 5.72. The highest BCUT2D eigenvalue weighted by Crippen LogP contribution is 2.35. The highest BCUT2D eigenvalue weighted by atomic mass is 32.2. The monoisotopic (exact) mass is 306 g/mol. The third kappa shape index (κ3) is 4.40. The Hall–Kier alpha value is -0.670. The molecule has 1 N–H and O–H groups in total. The van der Waals surface area contributed by atoms with Crippen LogP contribution in [0.3, 0.4) is 0 Å². The lowest BCUT2D eigenvalue weighted by Crippen LogP contribution is -2.30. The molecule has 21 heavy (non-hydrogen) atoms. The summed E-state index contributed by atoms with van der Waals surface area (Å²) in [6.07, 6.45) is 2.39. The van der Waals surface area contributed by atoms with Gasteiger partial charge in [0.25, 0.3) is 0 Å². The van der Waals surface area contributed by atoms with Crippen LogP contribution in [0.5, 0.6) is 0 Å². The van der Waals surface area contributed by atoms with E-state index in [2.05, 4.69) is 73.9 Å². The maximum Gasteiger partial charge on any atom is 0.0414 e. The minimum atomic E-state index is 0.412. The average Bonchev–Trinajstić information content (AvgIpc) is 2.66. The van der Waals surface area contributed by atoms with Crippen LogP contribution in [0.4, 0.5) is 5.69 Å². The number of hydrogen-bond acceptors (Lipinski definition) is 3. The van der Waals surface area contributed by atoms with Crippen LogP contribution in [0, 0.1) is 0 Å². The summed E-state index contributed by atoms with van der Waals surface area (Å²) in [6.45, 7) is 12.6. The summed E-state index contributed by atoms with van der Waals surface area (Å²) in [7, 11) is 0. The summed E-state index contributed by atoms with van der Waals surface area (Å²) in [4.78, 5) is 2.59.